The van der Waals surface area contributed by atoms with E-state index in [-0.39, 0.29) is 0 Å². The summed E-state index contributed by atoms with van der Waals surface area (Å²) in [5.74, 6) is 1.85. The minimum absolute atomic E-state index is 0.529. The van der Waals surface area contributed by atoms with Crippen LogP contribution in [0.5, 0.6) is 0 Å². The van der Waals surface area contributed by atoms with Gasteiger partial charge in [-0.3, -0.25) is 4.90 Å². The first-order valence-electron chi connectivity index (χ1n) is 7.15. The second-order valence-electron chi connectivity index (χ2n) is 5.51. The van der Waals surface area contributed by atoms with Crippen molar-refractivity contribution in [1.29, 1.82) is 0 Å². The summed E-state index contributed by atoms with van der Waals surface area (Å²) in [5.41, 5.74) is 5.86. The smallest absolute Gasteiger partial charge is 0.257 e. The summed E-state index contributed by atoms with van der Waals surface area (Å²) in [6.45, 7) is 1.44. The fourth-order valence-corrected chi connectivity index (χ4v) is 4.36. The predicted octanol–water partition coefficient (Wildman–Crippen LogP) is 3.12. The van der Waals surface area contributed by atoms with Gasteiger partial charge < -0.3 is 10.2 Å². The summed E-state index contributed by atoms with van der Waals surface area (Å²) >= 11 is 5.04. The predicted molar refractivity (Wildman–Crippen MR) is 87.0 cm³/mol. The van der Waals surface area contributed by atoms with Crippen LogP contribution in [0.25, 0.3) is 10.8 Å². The Hall–Kier alpha value is -0.760. The number of nitrogens with two attached hydrogens (primary N) is 1. The van der Waals surface area contributed by atoms with E-state index in [2.05, 4.69) is 38.1 Å². The fraction of sp³-hybridized carbons (Fsp3) is 0.571. The van der Waals surface area contributed by atoms with E-state index >= 15 is 0 Å². The first-order chi connectivity index (χ1) is 10.2. The monoisotopic (exact) mass is 370 g/mol. The third kappa shape index (κ3) is 3.36. The van der Waals surface area contributed by atoms with Crippen molar-refractivity contribution in [3.8, 4) is 10.8 Å². The highest BCUT2D eigenvalue weighted by atomic mass is 79.9. The van der Waals surface area contributed by atoms with Crippen molar-refractivity contribution < 1.29 is 4.42 Å². The van der Waals surface area contributed by atoms with E-state index < -0.39 is 0 Å². The molecule has 0 saturated heterocycles. The SMILES string of the molecule is CN(Cc1nnc(-c2ccc(Br)s2)o1)C1CCCC1CN. The van der Waals surface area contributed by atoms with E-state index in [1.807, 2.05) is 12.1 Å². The van der Waals surface area contributed by atoms with Crippen LogP contribution in [0.15, 0.2) is 20.3 Å². The molecule has 1 aliphatic carbocycles. The molecule has 3 rings (SSSR count). The van der Waals surface area contributed by atoms with E-state index in [1.165, 1.54) is 19.3 Å². The third-order valence-corrected chi connectivity index (χ3v) is 5.74. The average Bonchev–Trinajstić information content (AvgIpc) is 3.17. The summed E-state index contributed by atoms with van der Waals surface area (Å²) in [4.78, 5) is 3.29. The highest BCUT2D eigenvalue weighted by Gasteiger charge is 2.30. The molecule has 5 nitrogen and oxygen atoms in total. The maximum Gasteiger partial charge on any atom is 0.257 e. The van der Waals surface area contributed by atoms with Gasteiger partial charge in [0.15, 0.2) is 0 Å². The number of hydrogen-bond acceptors (Lipinski definition) is 6. The molecule has 0 aromatic carbocycles. The van der Waals surface area contributed by atoms with Gasteiger partial charge in [-0.1, -0.05) is 6.42 Å². The molecule has 21 heavy (non-hydrogen) atoms. The number of aromatic nitrogens is 2. The van der Waals surface area contributed by atoms with Crippen molar-refractivity contribution in [2.75, 3.05) is 13.6 Å². The van der Waals surface area contributed by atoms with Crippen LogP contribution in [0.2, 0.25) is 0 Å². The Morgan fingerprint density at radius 1 is 1.43 bits per heavy atom. The Balaban J connectivity index is 1.67. The summed E-state index contributed by atoms with van der Waals surface area (Å²) in [5, 5.41) is 8.31. The van der Waals surface area contributed by atoms with Crippen LogP contribution in [0.1, 0.15) is 25.2 Å². The lowest BCUT2D eigenvalue weighted by Crippen LogP contribution is -2.37. The molecular formula is C14H19BrN4OS. The van der Waals surface area contributed by atoms with Crippen LogP contribution in [0, 0.1) is 5.92 Å². The van der Waals surface area contributed by atoms with Crippen molar-refractivity contribution in [1.82, 2.24) is 15.1 Å². The minimum atomic E-state index is 0.529. The second-order valence-corrected chi connectivity index (χ2v) is 7.98. The molecule has 2 aromatic heterocycles. The first-order valence-corrected chi connectivity index (χ1v) is 8.76. The molecule has 0 aliphatic heterocycles. The Morgan fingerprint density at radius 3 is 3.00 bits per heavy atom. The zero-order chi connectivity index (χ0) is 14.8. The molecule has 114 valence electrons. The van der Waals surface area contributed by atoms with Gasteiger partial charge in [0.05, 0.1) is 15.2 Å². The third-order valence-electron chi connectivity index (χ3n) is 4.12. The Kier molecular flexibility index (Phi) is 4.73. The van der Waals surface area contributed by atoms with Crippen LogP contribution in [-0.2, 0) is 6.54 Å². The van der Waals surface area contributed by atoms with Crippen molar-refractivity contribution in [2.24, 2.45) is 11.7 Å². The molecule has 0 amide bonds. The highest BCUT2D eigenvalue weighted by molar-refractivity contribution is 9.11. The number of halogens is 1. The lowest BCUT2D eigenvalue weighted by atomic mass is 10.0. The van der Waals surface area contributed by atoms with Gasteiger partial charge in [0.1, 0.15) is 0 Å². The van der Waals surface area contributed by atoms with Crippen LogP contribution < -0.4 is 5.73 Å². The fourth-order valence-electron chi connectivity index (χ4n) is 3.05. The summed E-state index contributed by atoms with van der Waals surface area (Å²) < 4.78 is 6.84. The quantitative estimate of drug-likeness (QED) is 0.875. The lowest BCUT2D eigenvalue weighted by molar-refractivity contribution is 0.177. The van der Waals surface area contributed by atoms with Gasteiger partial charge in [-0.2, -0.15) is 0 Å². The molecule has 2 heterocycles. The summed E-state index contributed by atoms with van der Waals surface area (Å²) in [6, 6.07) is 4.50. The number of hydrogen-bond donors (Lipinski definition) is 1. The first kappa shape index (κ1) is 15.1. The van der Waals surface area contributed by atoms with E-state index in [1.54, 1.807) is 11.3 Å². The van der Waals surface area contributed by atoms with Crippen LogP contribution in [-0.4, -0.2) is 34.7 Å². The second kappa shape index (κ2) is 6.56. The topological polar surface area (TPSA) is 68.2 Å². The van der Waals surface area contributed by atoms with Gasteiger partial charge >= 0.3 is 0 Å². The molecule has 7 heteroatoms. The van der Waals surface area contributed by atoms with E-state index in [9.17, 15) is 0 Å². The van der Waals surface area contributed by atoms with Crippen LogP contribution in [0.4, 0.5) is 0 Å². The minimum Gasteiger partial charge on any atom is -0.419 e. The lowest BCUT2D eigenvalue weighted by Gasteiger charge is -2.27. The molecule has 1 fully saturated rings. The molecule has 1 aliphatic rings. The number of thiophene rings is 1. The van der Waals surface area contributed by atoms with Crippen molar-refractivity contribution in [3.05, 3.63) is 21.8 Å². The van der Waals surface area contributed by atoms with Crippen LogP contribution in [0.3, 0.4) is 0 Å². The summed E-state index contributed by atoms with van der Waals surface area (Å²) in [6.07, 6.45) is 3.69. The molecule has 0 radical (unpaired) electrons. The van der Waals surface area contributed by atoms with Gasteiger partial charge in [0, 0.05) is 6.04 Å². The van der Waals surface area contributed by atoms with E-state index in [0.717, 1.165) is 15.2 Å². The molecule has 2 atom stereocenters. The van der Waals surface area contributed by atoms with Crippen LogP contribution >= 0.6 is 27.3 Å². The van der Waals surface area contributed by atoms with Gasteiger partial charge in [-0.05, 0) is 60.4 Å². The Morgan fingerprint density at radius 2 is 2.29 bits per heavy atom. The standard InChI is InChI=1S/C14H19BrN4OS/c1-19(10-4-2-3-9(10)7-16)8-13-17-18-14(20-13)11-5-6-12(15)21-11/h5-6,9-10H,2-4,7-8,16H2,1H3. The Bertz CT molecular complexity index is 599. The molecule has 2 N–H and O–H groups in total. The summed E-state index contributed by atoms with van der Waals surface area (Å²) in [7, 11) is 2.12. The van der Waals surface area contributed by atoms with Gasteiger partial charge in [-0.15, -0.1) is 21.5 Å². The zero-order valence-corrected chi connectivity index (χ0v) is 14.4. The zero-order valence-electron chi connectivity index (χ0n) is 12.0. The van der Waals surface area contributed by atoms with E-state index in [4.69, 9.17) is 10.2 Å². The molecule has 0 bridgehead atoms. The van der Waals surface area contributed by atoms with E-state index in [0.29, 0.717) is 30.3 Å². The van der Waals surface area contributed by atoms with Crippen molar-refractivity contribution >= 4 is 27.3 Å². The highest BCUT2D eigenvalue weighted by Crippen LogP contribution is 2.31. The number of rotatable bonds is 5. The van der Waals surface area contributed by atoms with Gasteiger partial charge in [0.25, 0.3) is 5.89 Å². The molecular weight excluding hydrogens is 352 g/mol. The van der Waals surface area contributed by atoms with Gasteiger partial charge in [0.2, 0.25) is 5.89 Å². The molecule has 1 saturated carbocycles. The maximum atomic E-state index is 5.86. The Labute approximate surface area is 136 Å². The normalized spacial score (nSPS) is 22.3. The maximum absolute atomic E-state index is 5.86. The van der Waals surface area contributed by atoms with Crippen molar-refractivity contribution in [3.63, 3.8) is 0 Å². The molecule has 2 unspecified atom stereocenters. The molecule has 0 spiro atoms. The van der Waals surface area contributed by atoms with Crippen molar-refractivity contribution in [2.45, 2.75) is 31.8 Å². The van der Waals surface area contributed by atoms with Gasteiger partial charge in [-0.25, -0.2) is 0 Å². The molecule has 2 aromatic rings. The largest absolute Gasteiger partial charge is 0.419 e. The number of nitrogens with zero attached hydrogens (tertiary/aromatic N) is 3. The average molecular weight is 371 g/mol.